The minimum Gasteiger partial charge on any atom is -0.504 e. The van der Waals surface area contributed by atoms with E-state index in [4.69, 9.17) is 9.47 Å². The van der Waals surface area contributed by atoms with Gasteiger partial charge >= 0.3 is 5.97 Å². The van der Waals surface area contributed by atoms with Crippen molar-refractivity contribution in [1.29, 1.82) is 0 Å². The number of methoxy groups -OCH3 is 2. The monoisotopic (exact) mass is 365 g/mol. The smallest absolute Gasteiger partial charge is 0.340 e. The molecular formula is C21H19NO5. The molecule has 0 spiro atoms. The van der Waals surface area contributed by atoms with Crippen LogP contribution in [-0.4, -0.2) is 31.2 Å². The van der Waals surface area contributed by atoms with Gasteiger partial charge in [0, 0.05) is 11.4 Å². The van der Waals surface area contributed by atoms with Crippen LogP contribution in [0.1, 0.15) is 12.5 Å². The lowest BCUT2D eigenvalue weighted by atomic mass is 10.0. The molecule has 6 heteroatoms. The summed E-state index contributed by atoms with van der Waals surface area (Å²) >= 11 is 0. The molecule has 1 heterocycles. The van der Waals surface area contributed by atoms with Gasteiger partial charge in [-0.1, -0.05) is 24.3 Å². The number of nitrogens with zero attached hydrogens (tertiary/aromatic N) is 1. The number of aromatic hydroxyl groups is 1. The maximum Gasteiger partial charge on any atom is 0.340 e. The molecule has 1 aliphatic heterocycles. The Balaban J connectivity index is 2.13. The first-order valence-electron chi connectivity index (χ1n) is 8.25. The minimum absolute atomic E-state index is 0.0109. The highest BCUT2D eigenvalue weighted by molar-refractivity contribution is 6.23. The summed E-state index contributed by atoms with van der Waals surface area (Å²) in [6, 6.07) is 13.8. The number of benzene rings is 2. The number of phenols is 1. The standard InChI is InChI=1S/C21H19NO5/c1-13-19(21(25)27-3)16(11-14-9-10-17(23)18(12-14)26-2)20(24)22(13)15-7-5-4-6-8-15/h4-12,23H,1-3H3/b16-11-. The number of para-hydroxylation sites is 1. The molecule has 0 unspecified atom stereocenters. The van der Waals surface area contributed by atoms with Crippen LogP contribution < -0.4 is 9.64 Å². The van der Waals surface area contributed by atoms with Crippen molar-refractivity contribution < 1.29 is 24.2 Å². The molecule has 6 nitrogen and oxygen atoms in total. The summed E-state index contributed by atoms with van der Waals surface area (Å²) in [5.41, 5.74) is 2.19. The fourth-order valence-electron chi connectivity index (χ4n) is 3.02. The Hall–Kier alpha value is -3.54. The molecular weight excluding hydrogens is 346 g/mol. The Morgan fingerprint density at radius 1 is 1.11 bits per heavy atom. The second-order valence-corrected chi connectivity index (χ2v) is 5.92. The predicted octanol–water partition coefficient (Wildman–Crippen LogP) is 3.28. The van der Waals surface area contributed by atoms with Crippen molar-refractivity contribution in [3.63, 3.8) is 0 Å². The summed E-state index contributed by atoms with van der Waals surface area (Å²) < 4.78 is 9.99. The summed E-state index contributed by atoms with van der Waals surface area (Å²) in [6.45, 7) is 1.70. The number of rotatable bonds is 4. The number of anilines is 1. The summed E-state index contributed by atoms with van der Waals surface area (Å²) in [5.74, 6) is -0.652. The van der Waals surface area contributed by atoms with Gasteiger partial charge in [-0.05, 0) is 42.8 Å². The molecule has 0 bridgehead atoms. The summed E-state index contributed by atoms with van der Waals surface area (Å²) in [4.78, 5) is 26.9. The SMILES string of the molecule is COC(=O)C1=C(C)N(c2ccccc2)C(=O)/C1=C\c1ccc(O)c(OC)c1. The van der Waals surface area contributed by atoms with E-state index in [-0.39, 0.29) is 28.6 Å². The first-order chi connectivity index (χ1) is 13.0. The van der Waals surface area contributed by atoms with Crippen LogP contribution in [0.25, 0.3) is 6.08 Å². The fraction of sp³-hybridized carbons (Fsp3) is 0.143. The van der Waals surface area contributed by atoms with E-state index in [0.29, 0.717) is 16.9 Å². The Morgan fingerprint density at radius 3 is 2.44 bits per heavy atom. The molecule has 1 aliphatic rings. The van der Waals surface area contributed by atoms with Crippen LogP contribution in [0.3, 0.4) is 0 Å². The highest BCUT2D eigenvalue weighted by Crippen LogP contribution is 2.36. The number of amides is 1. The van der Waals surface area contributed by atoms with Crippen molar-refractivity contribution in [2.45, 2.75) is 6.92 Å². The predicted molar refractivity (Wildman–Crippen MR) is 101 cm³/mol. The van der Waals surface area contributed by atoms with E-state index in [0.717, 1.165) is 0 Å². The van der Waals surface area contributed by atoms with E-state index in [1.807, 2.05) is 18.2 Å². The van der Waals surface area contributed by atoms with Crippen LogP contribution in [-0.2, 0) is 14.3 Å². The quantitative estimate of drug-likeness (QED) is 0.665. The van der Waals surface area contributed by atoms with Crippen molar-refractivity contribution in [2.75, 3.05) is 19.1 Å². The van der Waals surface area contributed by atoms with Crippen molar-refractivity contribution in [3.8, 4) is 11.5 Å². The van der Waals surface area contributed by atoms with Gasteiger partial charge in [0.2, 0.25) is 0 Å². The molecule has 2 aromatic carbocycles. The lowest BCUT2D eigenvalue weighted by Gasteiger charge is -2.17. The Bertz CT molecular complexity index is 960. The van der Waals surface area contributed by atoms with Crippen molar-refractivity contribution in [1.82, 2.24) is 0 Å². The van der Waals surface area contributed by atoms with Crippen LogP contribution in [0, 0.1) is 0 Å². The van der Waals surface area contributed by atoms with E-state index in [2.05, 4.69) is 0 Å². The van der Waals surface area contributed by atoms with Crippen molar-refractivity contribution >= 4 is 23.6 Å². The first-order valence-corrected chi connectivity index (χ1v) is 8.25. The number of hydrogen-bond donors (Lipinski definition) is 1. The lowest BCUT2D eigenvalue weighted by molar-refractivity contribution is -0.136. The lowest BCUT2D eigenvalue weighted by Crippen LogP contribution is -2.24. The minimum atomic E-state index is -0.587. The van der Waals surface area contributed by atoms with Crippen molar-refractivity contribution in [3.05, 3.63) is 70.9 Å². The topological polar surface area (TPSA) is 76.1 Å². The summed E-state index contributed by atoms with van der Waals surface area (Å²) in [5, 5.41) is 9.75. The van der Waals surface area contributed by atoms with Crippen LogP contribution in [0.5, 0.6) is 11.5 Å². The maximum atomic E-state index is 13.1. The van der Waals surface area contributed by atoms with Crippen molar-refractivity contribution in [2.24, 2.45) is 0 Å². The van der Waals surface area contributed by atoms with E-state index < -0.39 is 5.97 Å². The normalized spacial score (nSPS) is 15.4. The van der Waals surface area contributed by atoms with E-state index in [1.165, 1.54) is 25.2 Å². The number of carbonyl (C=O) groups excluding carboxylic acids is 2. The number of ether oxygens (including phenoxy) is 2. The third-order valence-corrected chi connectivity index (χ3v) is 4.32. The van der Waals surface area contributed by atoms with E-state index >= 15 is 0 Å². The molecule has 0 atom stereocenters. The van der Waals surface area contributed by atoms with Gasteiger partial charge in [-0.15, -0.1) is 0 Å². The van der Waals surface area contributed by atoms with Gasteiger partial charge in [0.15, 0.2) is 11.5 Å². The van der Waals surface area contributed by atoms with Gasteiger partial charge in [0.1, 0.15) is 0 Å². The zero-order chi connectivity index (χ0) is 19.6. The molecule has 3 rings (SSSR count). The average Bonchev–Trinajstić information content (AvgIpc) is 2.93. The zero-order valence-electron chi connectivity index (χ0n) is 15.2. The number of esters is 1. The second-order valence-electron chi connectivity index (χ2n) is 5.92. The van der Waals surface area contributed by atoms with E-state index in [1.54, 1.807) is 37.3 Å². The highest BCUT2D eigenvalue weighted by atomic mass is 16.5. The molecule has 2 aromatic rings. The van der Waals surface area contributed by atoms with Gasteiger partial charge in [-0.2, -0.15) is 0 Å². The highest BCUT2D eigenvalue weighted by Gasteiger charge is 2.37. The molecule has 0 aliphatic carbocycles. The van der Waals surface area contributed by atoms with E-state index in [9.17, 15) is 14.7 Å². The molecule has 0 aromatic heterocycles. The van der Waals surface area contributed by atoms with Gasteiger partial charge in [-0.25, -0.2) is 4.79 Å². The van der Waals surface area contributed by atoms with Gasteiger partial charge in [0.25, 0.3) is 5.91 Å². The summed E-state index contributed by atoms with van der Waals surface area (Å²) in [6.07, 6.45) is 1.59. The molecule has 1 amide bonds. The van der Waals surface area contributed by atoms with Gasteiger partial charge in [0.05, 0.1) is 25.4 Å². The number of phenolic OH excluding ortho intramolecular Hbond substituents is 1. The second kappa shape index (κ2) is 7.37. The Kier molecular flexibility index (Phi) is 4.98. The maximum absolute atomic E-state index is 13.1. The molecule has 0 radical (unpaired) electrons. The Morgan fingerprint density at radius 2 is 1.81 bits per heavy atom. The number of hydrogen-bond acceptors (Lipinski definition) is 5. The zero-order valence-corrected chi connectivity index (χ0v) is 15.2. The third-order valence-electron chi connectivity index (χ3n) is 4.32. The van der Waals surface area contributed by atoms with Gasteiger partial charge < -0.3 is 14.6 Å². The fourth-order valence-corrected chi connectivity index (χ4v) is 3.02. The molecule has 27 heavy (non-hydrogen) atoms. The third kappa shape index (κ3) is 3.29. The number of allylic oxidation sites excluding steroid dienone is 1. The van der Waals surface area contributed by atoms with Crippen LogP contribution >= 0.6 is 0 Å². The molecule has 0 saturated heterocycles. The molecule has 0 fully saturated rings. The first kappa shape index (κ1) is 18.3. The molecule has 138 valence electrons. The average molecular weight is 365 g/mol. The van der Waals surface area contributed by atoms with Crippen LogP contribution in [0.15, 0.2) is 65.4 Å². The van der Waals surface area contributed by atoms with Gasteiger partial charge in [-0.3, -0.25) is 9.69 Å². The number of carbonyl (C=O) groups is 2. The Labute approximate surface area is 156 Å². The molecule has 0 saturated carbocycles. The largest absolute Gasteiger partial charge is 0.504 e. The van der Waals surface area contributed by atoms with Crippen LogP contribution in [0.4, 0.5) is 5.69 Å². The van der Waals surface area contributed by atoms with Crippen LogP contribution in [0.2, 0.25) is 0 Å². The molecule has 1 N–H and O–H groups in total. The summed E-state index contributed by atoms with van der Waals surface area (Å²) in [7, 11) is 2.72.